The minimum Gasteiger partial charge on any atom is -0.457 e. The van der Waals surface area contributed by atoms with Gasteiger partial charge in [-0.2, -0.15) is 0 Å². The quantitative estimate of drug-likeness (QED) is 0.453. The Morgan fingerprint density at radius 2 is 1.59 bits per heavy atom. The lowest BCUT2D eigenvalue weighted by molar-refractivity contribution is -0.145. The summed E-state index contributed by atoms with van der Waals surface area (Å²) >= 11 is 0. The first-order valence-electron chi connectivity index (χ1n) is 13.0. The van der Waals surface area contributed by atoms with Gasteiger partial charge in [0.1, 0.15) is 17.5 Å². The van der Waals surface area contributed by atoms with Crippen LogP contribution < -0.4 is 20.3 Å². The number of para-hydroxylation sites is 1. The van der Waals surface area contributed by atoms with Gasteiger partial charge in [0.05, 0.1) is 13.0 Å². The first-order chi connectivity index (χ1) is 19.0. The third-order valence-electron chi connectivity index (χ3n) is 6.71. The van der Waals surface area contributed by atoms with Crippen molar-refractivity contribution in [2.24, 2.45) is 0 Å². The highest BCUT2D eigenvalue weighted by molar-refractivity contribution is 5.97. The second-order valence-electron chi connectivity index (χ2n) is 9.40. The number of benzene rings is 2. The fourth-order valence-corrected chi connectivity index (χ4v) is 4.68. The molecule has 1 aromatic heterocycles. The van der Waals surface area contributed by atoms with Gasteiger partial charge in [-0.25, -0.2) is 9.97 Å². The molecule has 2 fully saturated rings. The molecule has 3 aromatic rings. The van der Waals surface area contributed by atoms with Crippen molar-refractivity contribution >= 4 is 29.4 Å². The number of ether oxygens (including phenoxy) is 1. The summed E-state index contributed by atoms with van der Waals surface area (Å²) in [5.41, 5.74) is 0.578. The number of rotatable bonds is 8. The predicted molar refractivity (Wildman–Crippen MR) is 145 cm³/mol. The lowest BCUT2D eigenvalue weighted by atomic mass is 10.1. The SMILES string of the molecule is O=C(CC1C(=O)NCCN1C(=O)CN1CCN(c2ncccn2)CC1)Nc1ccc(Oc2ccccc2)cc1. The average Bonchev–Trinajstić information content (AvgIpc) is 2.96. The van der Waals surface area contributed by atoms with Gasteiger partial charge < -0.3 is 25.2 Å². The Morgan fingerprint density at radius 1 is 0.897 bits per heavy atom. The van der Waals surface area contributed by atoms with Crippen LogP contribution in [0.4, 0.5) is 11.6 Å². The van der Waals surface area contributed by atoms with Crippen molar-refractivity contribution in [3.8, 4) is 11.5 Å². The zero-order chi connectivity index (χ0) is 27.0. The van der Waals surface area contributed by atoms with Gasteiger partial charge in [-0.1, -0.05) is 18.2 Å². The van der Waals surface area contributed by atoms with Gasteiger partial charge in [0.25, 0.3) is 0 Å². The van der Waals surface area contributed by atoms with Gasteiger partial charge in [-0.15, -0.1) is 0 Å². The minimum atomic E-state index is -0.856. The summed E-state index contributed by atoms with van der Waals surface area (Å²) in [6.07, 6.45) is 3.30. The van der Waals surface area contributed by atoms with Crippen molar-refractivity contribution in [1.82, 2.24) is 25.1 Å². The van der Waals surface area contributed by atoms with E-state index in [9.17, 15) is 14.4 Å². The number of amides is 3. The smallest absolute Gasteiger partial charge is 0.243 e. The first-order valence-corrected chi connectivity index (χ1v) is 13.0. The van der Waals surface area contributed by atoms with Crippen LogP contribution in [0.25, 0.3) is 0 Å². The Hall–Kier alpha value is -4.51. The van der Waals surface area contributed by atoms with Gasteiger partial charge in [-0.05, 0) is 42.5 Å². The van der Waals surface area contributed by atoms with Crippen LogP contribution in [0.5, 0.6) is 11.5 Å². The van der Waals surface area contributed by atoms with Crippen LogP contribution in [0, 0.1) is 0 Å². The minimum absolute atomic E-state index is 0.126. The third kappa shape index (κ3) is 6.88. The van der Waals surface area contributed by atoms with Crippen LogP contribution in [-0.2, 0) is 14.4 Å². The van der Waals surface area contributed by atoms with E-state index >= 15 is 0 Å². The normalized spacial score (nSPS) is 17.8. The fourth-order valence-electron chi connectivity index (χ4n) is 4.68. The lowest BCUT2D eigenvalue weighted by Crippen LogP contribution is -2.60. The third-order valence-corrected chi connectivity index (χ3v) is 6.71. The molecule has 39 heavy (non-hydrogen) atoms. The molecule has 202 valence electrons. The Bertz CT molecular complexity index is 1270. The maximum atomic E-state index is 13.2. The predicted octanol–water partition coefficient (Wildman–Crippen LogP) is 1.75. The highest BCUT2D eigenvalue weighted by Gasteiger charge is 2.35. The Labute approximate surface area is 226 Å². The molecular formula is C28H31N7O4. The molecule has 3 amide bonds. The number of aromatic nitrogens is 2. The molecule has 2 aromatic carbocycles. The molecule has 1 atom stereocenters. The highest BCUT2D eigenvalue weighted by atomic mass is 16.5. The fraction of sp³-hybridized carbons (Fsp3) is 0.321. The molecule has 2 saturated heterocycles. The summed E-state index contributed by atoms with van der Waals surface area (Å²) < 4.78 is 5.78. The number of hydrogen-bond acceptors (Lipinski definition) is 8. The van der Waals surface area contributed by atoms with E-state index in [1.165, 1.54) is 4.90 Å². The molecule has 0 bridgehead atoms. The van der Waals surface area contributed by atoms with E-state index in [1.54, 1.807) is 42.7 Å². The number of carbonyl (C=O) groups excluding carboxylic acids is 3. The second-order valence-corrected chi connectivity index (χ2v) is 9.40. The summed E-state index contributed by atoms with van der Waals surface area (Å²) in [5.74, 6) is 1.22. The van der Waals surface area contributed by atoms with Crippen molar-refractivity contribution in [2.75, 3.05) is 56.0 Å². The van der Waals surface area contributed by atoms with Crippen LogP contribution in [0.1, 0.15) is 6.42 Å². The van der Waals surface area contributed by atoms with Gasteiger partial charge in [-0.3, -0.25) is 19.3 Å². The van der Waals surface area contributed by atoms with Gasteiger partial charge in [0.2, 0.25) is 23.7 Å². The Balaban J connectivity index is 1.13. The average molecular weight is 530 g/mol. The summed E-state index contributed by atoms with van der Waals surface area (Å²) in [4.78, 5) is 53.0. The largest absolute Gasteiger partial charge is 0.457 e. The van der Waals surface area contributed by atoms with Crippen molar-refractivity contribution in [3.63, 3.8) is 0 Å². The molecule has 2 aliphatic rings. The molecule has 11 nitrogen and oxygen atoms in total. The van der Waals surface area contributed by atoms with Crippen LogP contribution in [0.15, 0.2) is 73.1 Å². The molecule has 11 heteroatoms. The van der Waals surface area contributed by atoms with Crippen molar-refractivity contribution in [1.29, 1.82) is 0 Å². The second kappa shape index (κ2) is 12.4. The summed E-state index contributed by atoms with van der Waals surface area (Å²) in [6, 6.07) is 17.3. The number of piperazine rings is 2. The van der Waals surface area contributed by atoms with E-state index in [0.29, 0.717) is 56.7 Å². The molecule has 2 N–H and O–H groups in total. The van der Waals surface area contributed by atoms with Crippen LogP contribution in [0.2, 0.25) is 0 Å². The van der Waals surface area contributed by atoms with Gasteiger partial charge >= 0.3 is 0 Å². The van der Waals surface area contributed by atoms with E-state index in [4.69, 9.17) is 4.74 Å². The zero-order valence-electron chi connectivity index (χ0n) is 21.5. The summed E-state index contributed by atoms with van der Waals surface area (Å²) in [6.45, 7) is 3.70. The molecule has 1 unspecified atom stereocenters. The Morgan fingerprint density at radius 3 is 2.31 bits per heavy atom. The molecule has 5 rings (SSSR count). The van der Waals surface area contributed by atoms with Gasteiger partial charge in [0.15, 0.2) is 0 Å². The molecule has 0 aliphatic carbocycles. The molecule has 2 aliphatic heterocycles. The maximum Gasteiger partial charge on any atom is 0.243 e. The van der Waals surface area contributed by atoms with E-state index in [1.807, 2.05) is 30.3 Å². The zero-order valence-corrected chi connectivity index (χ0v) is 21.5. The van der Waals surface area contributed by atoms with E-state index < -0.39 is 6.04 Å². The molecule has 3 heterocycles. The molecule has 0 spiro atoms. The molecular weight excluding hydrogens is 498 g/mol. The van der Waals surface area contributed by atoms with Crippen LogP contribution in [0.3, 0.4) is 0 Å². The number of nitrogens with zero attached hydrogens (tertiary/aromatic N) is 5. The van der Waals surface area contributed by atoms with E-state index in [-0.39, 0.29) is 30.7 Å². The summed E-state index contributed by atoms with van der Waals surface area (Å²) in [7, 11) is 0. The molecule has 0 radical (unpaired) electrons. The highest BCUT2D eigenvalue weighted by Crippen LogP contribution is 2.23. The Kier molecular flexibility index (Phi) is 8.27. The monoisotopic (exact) mass is 529 g/mol. The number of hydrogen-bond donors (Lipinski definition) is 2. The maximum absolute atomic E-state index is 13.2. The summed E-state index contributed by atoms with van der Waals surface area (Å²) in [5, 5.41) is 5.60. The standard InChI is InChI=1S/C28H31N7O4/c36-25(32-21-7-9-23(10-8-21)39-22-5-2-1-3-6-22)19-24-27(38)29-13-14-35(24)26(37)20-33-15-17-34(18-16-33)28-30-11-4-12-31-28/h1-12,24H,13-20H2,(H,29,38)(H,32,36). The van der Waals surface area contributed by atoms with Crippen LogP contribution in [-0.4, -0.2) is 89.3 Å². The molecule has 0 saturated carbocycles. The van der Waals surface area contributed by atoms with E-state index in [0.717, 1.165) is 5.75 Å². The van der Waals surface area contributed by atoms with E-state index in [2.05, 4.69) is 30.4 Å². The lowest BCUT2D eigenvalue weighted by Gasteiger charge is -2.38. The number of carbonyl (C=O) groups is 3. The first kappa shape index (κ1) is 26.1. The topological polar surface area (TPSA) is 120 Å². The van der Waals surface area contributed by atoms with Crippen molar-refractivity contribution < 1.29 is 19.1 Å². The number of anilines is 2. The van der Waals surface area contributed by atoms with Crippen molar-refractivity contribution in [3.05, 3.63) is 73.1 Å². The number of nitrogens with one attached hydrogen (secondary N) is 2. The van der Waals surface area contributed by atoms with Crippen LogP contribution >= 0.6 is 0 Å². The van der Waals surface area contributed by atoms with Gasteiger partial charge in [0, 0.05) is 57.3 Å². The van der Waals surface area contributed by atoms with Crippen molar-refractivity contribution in [2.45, 2.75) is 12.5 Å².